The number of anilines is 1. The number of guanidine groups is 1. The zero-order valence-corrected chi connectivity index (χ0v) is 16.7. The molecule has 1 atom stereocenters. The lowest BCUT2D eigenvalue weighted by Crippen LogP contribution is -2.43. The molecule has 2 aliphatic rings. The maximum Gasteiger partial charge on any atom is 0.238 e. The van der Waals surface area contributed by atoms with Crippen LogP contribution in [-0.2, 0) is 4.79 Å². The molecule has 1 aromatic carbocycles. The molecule has 4 rings (SSSR count). The minimum atomic E-state index is -0.466. The van der Waals surface area contributed by atoms with Crippen LogP contribution in [0.2, 0.25) is 0 Å². The molecule has 1 fully saturated rings. The smallest absolute Gasteiger partial charge is 0.238 e. The number of hydrogen-bond acceptors (Lipinski definition) is 6. The van der Waals surface area contributed by atoms with Crippen molar-refractivity contribution in [2.24, 2.45) is 10.7 Å². The standard InChI is InChI=1S/C21H25FN6O/c1-13-17(22)18(15-8-9-15)26-21(25-13)28-11-10-24-20(23)27(2)19(29)16(12-28)14-6-4-3-5-7-14/h3-7,15-16H,8-12H2,1-2H3,(H2,23,24)/t16-/m1/s1. The molecule has 29 heavy (non-hydrogen) atoms. The predicted octanol–water partition coefficient (Wildman–Crippen LogP) is 2.18. The van der Waals surface area contributed by atoms with E-state index in [-0.39, 0.29) is 23.6 Å². The summed E-state index contributed by atoms with van der Waals surface area (Å²) in [4.78, 5) is 29.8. The molecule has 2 aromatic rings. The van der Waals surface area contributed by atoms with Gasteiger partial charge in [-0.1, -0.05) is 30.3 Å². The average molecular weight is 396 g/mol. The highest BCUT2D eigenvalue weighted by molar-refractivity contribution is 5.99. The summed E-state index contributed by atoms with van der Waals surface area (Å²) in [6.07, 6.45) is 1.90. The molecule has 0 unspecified atom stereocenters. The molecule has 0 radical (unpaired) electrons. The normalized spacial score (nSPS) is 20.7. The van der Waals surface area contributed by atoms with Crippen molar-refractivity contribution in [2.75, 3.05) is 31.6 Å². The van der Waals surface area contributed by atoms with Gasteiger partial charge in [0.25, 0.3) is 0 Å². The highest BCUT2D eigenvalue weighted by atomic mass is 19.1. The number of carbonyl (C=O) groups is 1. The van der Waals surface area contributed by atoms with Gasteiger partial charge in [-0.3, -0.25) is 14.7 Å². The molecule has 0 spiro atoms. The summed E-state index contributed by atoms with van der Waals surface area (Å²) in [6.45, 7) is 2.90. The van der Waals surface area contributed by atoms with E-state index in [9.17, 15) is 9.18 Å². The molecule has 1 aliphatic heterocycles. The molecule has 8 heteroatoms. The largest absolute Gasteiger partial charge is 0.369 e. The number of nitrogens with zero attached hydrogens (tertiary/aromatic N) is 5. The van der Waals surface area contributed by atoms with Crippen LogP contribution in [0, 0.1) is 12.7 Å². The first-order chi connectivity index (χ1) is 14.0. The average Bonchev–Trinajstić information content (AvgIpc) is 3.56. The van der Waals surface area contributed by atoms with Crippen molar-refractivity contribution < 1.29 is 9.18 Å². The monoisotopic (exact) mass is 396 g/mol. The number of carbonyl (C=O) groups excluding carboxylic acids is 1. The summed E-state index contributed by atoms with van der Waals surface area (Å²) < 4.78 is 14.5. The van der Waals surface area contributed by atoms with E-state index in [2.05, 4.69) is 15.0 Å². The molecule has 7 nitrogen and oxygen atoms in total. The van der Waals surface area contributed by atoms with Gasteiger partial charge in [0.2, 0.25) is 11.9 Å². The molecular weight excluding hydrogens is 371 g/mol. The second-order valence-electron chi connectivity index (χ2n) is 7.63. The fourth-order valence-corrected chi connectivity index (χ4v) is 3.58. The Morgan fingerprint density at radius 1 is 1.17 bits per heavy atom. The zero-order valence-electron chi connectivity index (χ0n) is 16.7. The summed E-state index contributed by atoms with van der Waals surface area (Å²) in [5.41, 5.74) is 7.70. The first-order valence-electron chi connectivity index (χ1n) is 9.87. The summed E-state index contributed by atoms with van der Waals surface area (Å²) >= 11 is 0. The van der Waals surface area contributed by atoms with Crippen molar-refractivity contribution in [1.82, 2.24) is 14.9 Å². The summed E-state index contributed by atoms with van der Waals surface area (Å²) in [6, 6.07) is 9.56. The third-order valence-corrected chi connectivity index (χ3v) is 5.50. The third kappa shape index (κ3) is 3.92. The molecule has 1 amide bonds. The Balaban J connectivity index is 1.74. The van der Waals surface area contributed by atoms with Gasteiger partial charge in [-0.2, -0.15) is 0 Å². The van der Waals surface area contributed by atoms with Gasteiger partial charge in [0.15, 0.2) is 11.8 Å². The minimum Gasteiger partial charge on any atom is -0.369 e. The lowest BCUT2D eigenvalue weighted by atomic mass is 9.97. The van der Waals surface area contributed by atoms with E-state index in [1.807, 2.05) is 35.2 Å². The van der Waals surface area contributed by atoms with Gasteiger partial charge >= 0.3 is 0 Å². The van der Waals surface area contributed by atoms with Crippen LogP contribution in [0.1, 0.15) is 41.6 Å². The third-order valence-electron chi connectivity index (χ3n) is 5.50. The van der Waals surface area contributed by atoms with Crippen LogP contribution in [0.25, 0.3) is 0 Å². The topological polar surface area (TPSA) is 87.7 Å². The van der Waals surface area contributed by atoms with Crippen molar-refractivity contribution in [1.29, 1.82) is 0 Å². The first kappa shape index (κ1) is 19.3. The number of aromatic nitrogens is 2. The molecule has 152 valence electrons. The van der Waals surface area contributed by atoms with Crippen LogP contribution < -0.4 is 10.6 Å². The van der Waals surface area contributed by atoms with E-state index in [4.69, 9.17) is 5.73 Å². The molecular formula is C21H25FN6O. The van der Waals surface area contributed by atoms with Crippen molar-refractivity contribution in [2.45, 2.75) is 31.6 Å². The number of halogens is 1. The Labute approximate surface area is 169 Å². The lowest BCUT2D eigenvalue weighted by Gasteiger charge is -2.28. The van der Waals surface area contributed by atoms with Crippen LogP contribution in [0.15, 0.2) is 35.3 Å². The van der Waals surface area contributed by atoms with E-state index in [1.165, 1.54) is 4.90 Å². The highest BCUT2D eigenvalue weighted by Gasteiger charge is 2.33. The first-order valence-corrected chi connectivity index (χ1v) is 9.87. The van der Waals surface area contributed by atoms with Crippen molar-refractivity contribution >= 4 is 17.8 Å². The molecule has 1 aliphatic carbocycles. The molecule has 2 heterocycles. The Hall–Kier alpha value is -3.03. The van der Waals surface area contributed by atoms with Crippen LogP contribution in [-0.4, -0.2) is 53.4 Å². The second kappa shape index (κ2) is 7.77. The van der Waals surface area contributed by atoms with Gasteiger partial charge in [-0.15, -0.1) is 0 Å². The predicted molar refractivity (Wildman–Crippen MR) is 109 cm³/mol. The summed E-state index contributed by atoms with van der Waals surface area (Å²) in [7, 11) is 1.64. The number of hydrogen-bond donors (Lipinski definition) is 1. The van der Waals surface area contributed by atoms with E-state index >= 15 is 0 Å². The van der Waals surface area contributed by atoms with Crippen molar-refractivity contribution in [3.8, 4) is 0 Å². The second-order valence-corrected chi connectivity index (χ2v) is 7.63. The Bertz CT molecular complexity index is 944. The summed E-state index contributed by atoms with van der Waals surface area (Å²) in [5, 5.41) is 0. The fourth-order valence-electron chi connectivity index (χ4n) is 3.58. The number of likely N-dealkylation sites (N-methyl/N-ethyl adjacent to an activating group) is 1. The van der Waals surface area contributed by atoms with Gasteiger partial charge in [-0.25, -0.2) is 14.4 Å². The maximum atomic E-state index is 14.5. The number of rotatable bonds is 3. The number of amides is 1. The van der Waals surface area contributed by atoms with Crippen LogP contribution in [0.3, 0.4) is 0 Å². The Morgan fingerprint density at radius 2 is 1.90 bits per heavy atom. The molecule has 1 saturated carbocycles. The Morgan fingerprint density at radius 3 is 2.59 bits per heavy atom. The zero-order chi connectivity index (χ0) is 20.5. The van der Waals surface area contributed by atoms with Gasteiger partial charge in [0.1, 0.15) is 0 Å². The summed E-state index contributed by atoms with van der Waals surface area (Å²) in [5.74, 6) is -0.139. The minimum absolute atomic E-state index is 0.148. The number of benzene rings is 1. The Kier molecular flexibility index (Phi) is 5.17. The van der Waals surface area contributed by atoms with Crippen molar-refractivity contribution in [3.63, 3.8) is 0 Å². The molecule has 2 N–H and O–H groups in total. The van der Waals surface area contributed by atoms with Crippen molar-refractivity contribution in [3.05, 3.63) is 53.1 Å². The van der Waals surface area contributed by atoms with Crippen LogP contribution in [0.5, 0.6) is 0 Å². The number of aliphatic imine (C=N–C) groups is 1. The van der Waals surface area contributed by atoms with E-state index in [0.29, 0.717) is 37.0 Å². The molecule has 0 bridgehead atoms. The molecule has 1 aromatic heterocycles. The quantitative estimate of drug-likeness (QED) is 0.859. The van der Waals surface area contributed by atoms with E-state index in [0.717, 1.165) is 18.4 Å². The fraction of sp³-hybridized carbons (Fsp3) is 0.429. The number of nitrogens with two attached hydrogens (primary N) is 1. The van der Waals surface area contributed by atoms with Gasteiger partial charge in [-0.05, 0) is 25.3 Å². The van der Waals surface area contributed by atoms with Crippen LogP contribution >= 0.6 is 0 Å². The van der Waals surface area contributed by atoms with Gasteiger partial charge in [0.05, 0.1) is 23.9 Å². The maximum absolute atomic E-state index is 14.5. The van der Waals surface area contributed by atoms with E-state index in [1.54, 1.807) is 14.0 Å². The number of aryl methyl sites for hydroxylation is 1. The highest BCUT2D eigenvalue weighted by Crippen LogP contribution is 2.41. The van der Waals surface area contributed by atoms with Gasteiger partial charge < -0.3 is 10.6 Å². The van der Waals surface area contributed by atoms with Crippen LogP contribution in [0.4, 0.5) is 10.3 Å². The van der Waals surface area contributed by atoms with E-state index < -0.39 is 5.92 Å². The lowest BCUT2D eigenvalue weighted by molar-refractivity contribution is -0.127. The molecule has 0 saturated heterocycles. The SMILES string of the molecule is Cc1nc(N2CCN=C(N)N(C)C(=O)[C@@H](c3ccccc3)C2)nc(C2CC2)c1F. The van der Waals surface area contributed by atoms with Gasteiger partial charge in [0, 0.05) is 26.1 Å².